The fourth-order valence-corrected chi connectivity index (χ4v) is 4.04. The van der Waals surface area contributed by atoms with E-state index in [9.17, 15) is 18.3 Å². The highest BCUT2D eigenvalue weighted by atomic mass is 19.2. The molecule has 6 heteroatoms. The summed E-state index contributed by atoms with van der Waals surface area (Å²) in [6, 6.07) is 1.52. The van der Waals surface area contributed by atoms with Gasteiger partial charge in [-0.05, 0) is 65.0 Å². The highest BCUT2D eigenvalue weighted by Crippen LogP contribution is 2.33. The molecule has 1 atom stereocenters. The van der Waals surface area contributed by atoms with Gasteiger partial charge in [0.15, 0.2) is 11.6 Å². The van der Waals surface area contributed by atoms with E-state index in [4.69, 9.17) is 9.47 Å². The zero-order valence-corrected chi connectivity index (χ0v) is 20.6. The van der Waals surface area contributed by atoms with Gasteiger partial charge in [-0.1, -0.05) is 51.9 Å². The summed E-state index contributed by atoms with van der Waals surface area (Å²) in [6.45, 7) is 9.64. The third kappa shape index (κ3) is 10.7. The Hall–Kier alpha value is -1.11. The van der Waals surface area contributed by atoms with Gasteiger partial charge in [0.05, 0.1) is 12.2 Å². The van der Waals surface area contributed by atoms with E-state index in [1.165, 1.54) is 25.7 Å². The number of ether oxygens (including phenoxy) is 2. The molecule has 0 heterocycles. The first kappa shape index (κ1) is 28.9. The molecule has 3 nitrogen and oxygen atoms in total. The summed E-state index contributed by atoms with van der Waals surface area (Å²) in [4.78, 5) is 0. The van der Waals surface area contributed by atoms with Crippen LogP contribution in [0.1, 0.15) is 104 Å². The van der Waals surface area contributed by atoms with Crippen LogP contribution in [0, 0.1) is 23.4 Å². The Balaban J connectivity index is 2.74. The van der Waals surface area contributed by atoms with E-state index in [2.05, 4.69) is 6.92 Å². The van der Waals surface area contributed by atoms with E-state index in [1.54, 1.807) is 0 Å². The summed E-state index contributed by atoms with van der Waals surface area (Å²) in [6.07, 6.45) is 9.46. The second-order valence-electron chi connectivity index (χ2n) is 9.32. The van der Waals surface area contributed by atoms with Crippen LogP contribution in [0.4, 0.5) is 13.2 Å². The van der Waals surface area contributed by atoms with Gasteiger partial charge >= 0.3 is 0 Å². The molecular formula is C26H43F3O3. The minimum atomic E-state index is -1.68. The Labute approximate surface area is 192 Å². The topological polar surface area (TPSA) is 38.7 Å². The van der Waals surface area contributed by atoms with Crippen LogP contribution in [0.15, 0.2) is 12.1 Å². The predicted molar refractivity (Wildman–Crippen MR) is 123 cm³/mol. The van der Waals surface area contributed by atoms with Crippen molar-refractivity contribution in [3.05, 3.63) is 35.1 Å². The van der Waals surface area contributed by atoms with Crippen LogP contribution in [0.3, 0.4) is 0 Å². The summed E-state index contributed by atoms with van der Waals surface area (Å²) in [7, 11) is 0. The Morgan fingerprint density at radius 2 is 1.25 bits per heavy atom. The predicted octanol–water partition coefficient (Wildman–Crippen LogP) is 7.68. The lowest BCUT2D eigenvalue weighted by Crippen LogP contribution is -2.47. The molecule has 0 aliphatic carbocycles. The van der Waals surface area contributed by atoms with Crippen molar-refractivity contribution in [1.82, 2.24) is 0 Å². The van der Waals surface area contributed by atoms with E-state index in [0.717, 1.165) is 25.3 Å². The Kier molecular flexibility index (Phi) is 13.5. The van der Waals surface area contributed by atoms with Crippen molar-refractivity contribution in [2.45, 2.75) is 123 Å². The van der Waals surface area contributed by atoms with Crippen LogP contribution in [-0.4, -0.2) is 23.3 Å². The quantitative estimate of drug-likeness (QED) is 0.147. The number of halogens is 3. The van der Waals surface area contributed by atoms with Crippen molar-refractivity contribution in [2.24, 2.45) is 5.92 Å². The maximum atomic E-state index is 13.9. The van der Waals surface area contributed by atoms with Crippen molar-refractivity contribution in [3.63, 3.8) is 0 Å². The Morgan fingerprint density at radius 3 is 1.81 bits per heavy atom. The minimum Gasteiger partial charge on any atom is -0.343 e. The molecule has 0 aliphatic heterocycles. The molecule has 0 saturated carbocycles. The molecule has 0 aromatic heterocycles. The molecule has 0 spiro atoms. The lowest BCUT2D eigenvalue weighted by Gasteiger charge is -2.38. The van der Waals surface area contributed by atoms with Crippen LogP contribution in [0.5, 0.6) is 0 Å². The number of rotatable bonds is 17. The molecule has 1 unspecified atom stereocenters. The third-order valence-electron chi connectivity index (χ3n) is 5.57. The smallest absolute Gasteiger partial charge is 0.283 e. The summed E-state index contributed by atoms with van der Waals surface area (Å²) >= 11 is 0. The zero-order chi connectivity index (χ0) is 24.1. The van der Waals surface area contributed by atoms with Gasteiger partial charge in [-0.3, -0.25) is 0 Å². The molecule has 0 amide bonds. The number of hydrogen-bond donors (Lipinski definition) is 1. The number of aliphatic hydroxyl groups is 1. The monoisotopic (exact) mass is 460 g/mol. The molecule has 0 bridgehead atoms. The molecule has 1 aromatic carbocycles. The van der Waals surface area contributed by atoms with E-state index >= 15 is 0 Å². The van der Waals surface area contributed by atoms with Crippen LogP contribution >= 0.6 is 0 Å². The molecule has 0 fully saturated rings. The molecule has 32 heavy (non-hydrogen) atoms. The number of aryl methyl sites for hydroxylation is 1. The van der Waals surface area contributed by atoms with Crippen molar-refractivity contribution in [1.29, 1.82) is 0 Å². The van der Waals surface area contributed by atoms with E-state index < -0.39 is 23.4 Å². The Bertz CT molecular complexity index is 639. The second kappa shape index (κ2) is 14.9. The van der Waals surface area contributed by atoms with Gasteiger partial charge in [-0.15, -0.1) is 0 Å². The maximum Gasteiger partial charge on any atom is 0.283 e. The van der Waals surface area contributed by atoms with Gasteiger partial charge in [0, 0.05) is 12.0 Å². The summed E-state index contributed by atoms with van der Waals surface area (Å²) in [5, 5.41) is 11.3. The van der Waals surface area contributed by atoms with Crippen molar-refractivity contribution in [3.8, 4) is 0 Å². The van der Waals surface area contributed by atoms with Crippen LogP contribution in [0.2, 0.25) is 0 Å². The molecular weight excluding hydrogens is 417 g/mol. The number of benzene rings is 1. The van der Waals surface area contributed by atoms with Crippen molar-refractivity contribution < 1.29 is 27.8 Å². The lowest BCUT2D eigenvalue weighted by atomic mass is 9.91. The molecule has 0 aliphatic rings. The highest BCUT2D eigenvalue weighted by Gasteiger charge is 2.40. The fraction of sp³-hybridized carbons (Fsp3) is 0.769. The summed E-state index contributed by atoms with van der Waals surface area (Å²) < 4.78 is 52.2. The first-order valence-corrected chi connectivity index (χ1v) is 12.3. The maximum absolute atomic E-state index is 13.9. The SMILES string of the molecule is CCCCCCCCC(CCCCc1cc(F)c(F)cc1F)C(O)(OC(C)C)OC(C)C. The highest BCUT2D eigenvalue weighted by molar-refractivity contribution is 5.20. The molecule has 0 saturated heterocycles. The van der Waals surface area contributed by atoms with E-state index in [1.807, 2.05) is 27.7 Å². The largest absolute Gasteiger partial charge is 0.343 e. The van der Waals surface area contributed by atoms with Gasteiger partial charge in [-0.2, -0.15) is 0 Å². The number of unbranched alkanes of at least 4 members (excludes halogenated alkanes) is 6. The zero-order valence-electron chi connectivity index (χ0n) is 20.6. The van der Waals surface area contributed by atoms with Crippen molar-refractivity contribution >= 4 is 0 Å². The number of hydrogen-bond acceptors (Lipinski definition) is 3. The van der Waals surface area contributed by atoms with Crippen molar-refractivity contribution in [2.75, 3.05) is 0 Å². The Morgan fingerprint density at radius 1 is 0.750 bits per heavy atom. The minimum absolute atomic E-state index is 0.170. The van der Waals surface area contributed by atoms with Gasteiger partial charge in [0.2, 0.25) is 0 Å². The summed E-state index contributed by atoms with van der Waals surface area (Å²) in [5.41, 5.74) is 0.170. The van der Waals surface area contributed by atoms with Gasteiger partial charge in [0.25, 0.3) is 5.97 Å². The van der Waals surface area contributed by atoms with Crippen LogP contribution < -0.4 is 0 Å². The van der Waals surface area contributed by atoms with Crippen LogP contribution in [-0.2, 0) is 15.9 Å². The second-order valence-corrected chi connectivity index (χ2v) is 9.32. The lowest BCUT2D eigenvalue weighted by molar-refractivity contribution is -0.407. The van der Waals surface area contributed by atoms with E-state index in [0.29, 0.717) is 31.7 Å². The van der Waals surface area contributed by atoms with Gasteiger partial charge in [-0.25, -0.2) is 13.2 Å². The van der Waals surface area contributed by atoms with Crippen LogP contribution in [0.25, 0.3) is 0 Å². The molecule has 1 aromatic rings. The standard InChI is InChI=1S/C26H43F3O3/c1-6-7-8-9-10-11-15-22(26(30,31-19(2)3)32-20(4)5)16-13-12-14-21-17-24(28)25(29)18-23(21)27/h17-20,22,30H,6-16H2,1-5H3. The normalized spacial score (nSPS) is 13.3. The van der Waals surface area contributed by atoms with Gasteiger partial charge in [0.1, 0.15) is 5.82 Å². The average molecular weight is 461 g/mol. The fourth-order valence-electron chi connectivity index (χ4n) is 4.04. The first-order valence-electron chi connectivity index (χ1n) is 12.3. The van der Waals surface area contributed by atoms with E-state index in [-0.39, 0.29) is 23.7 Å². The summed E-state index contributed by atoms with van der Waals surface area (Å²) in [5.74, 6) is -4.85. The molecule has 186 valence electrons. The third-order valence-corrected chi connectivity index (χ3v) is 5.57. The first-order chi connectivity index (χ1) is 15.1. The molecule has 1 N–H and O–H groups in total. The molecule has 0 radical (unpaired) electrons. The average Bonchev–Trinajstić information content (AvgIpc) is 2.68. The molecule has 1 rings (SSSR count). The van der Waals surface area contributed by atoms with Gasteiger partial charge < -0.3 is 14.6 Å².